The van der Waals surface area contributed by atoms with E-state index in [1.54, 1.807) is 20.8 Å². The Morgan fingerprint density at radius 1 is 1.14 bits per heavy atom. The van der Waals surface area contributed by atoms with Gasteiger partial charge in [0.1, 0.15) is 0 Å². The van der Waals surface area contributed by atoms with Gasteiger partial charge >= 0.3 is 11.9 Å². The predicted molar refractivity (Wildman–Crippen MR) is 80.1 cm³/mol. The predicted octanol–water partition coefficient (Wildman–Crippen LogP) is 2.44. The average Bonchev–Trinajstić information content (AvgIpc) is 2.42. The summed E-state index contributed by atoms with van der Waals surface area (Å²) in [5.41, 5.74) is -1.76. The van der Waals surface area contributed by atoms with Crippen LogP contribution in [-0.4, -0.2) is 43.1 Å². The fourth-order valence-corrected chi connectivity index (χ4v) is 1.85. The van der Waals surface area contributed by atoms with E-state index in [4.69, 9.17) is 18.9 Å². The molecular formula is C16H28O6. The van der Waals surface area contributed by atoms with Crippen LogP contribution >= 0.6 is 0 Å². The van der Waals surface area contributed by atoms with Crippen molar-refractivity contribution >= 4 is 11.9 Å². The third-order valence-corrected chi connectivity index (χ3v) is 3.88. The number of ether oxygens (including phenoxy) is 4. The summed E-state index contributed by atoms with van der Waals surface area (Å²) in [6, 6.07) is 0. The highest BCUT2D eigenvalue weighted by Gasteiger charge is 2.47. The fourth-order valence-electron chi connectivity index (χ4n) is 1.85. The fraction of sp³-hybridized carbons (Fsp3) is 0.875. The number of rotatable bonds is 6. The largest absolute Gasteiger partial charge is 0.466 e. The van der Waals surface area contributed by atoms with Crippen molar-refractivity contribution in [3.05, 3.63) is 0 Å². The van der Waals surface area contributed by atoms with Gasteiger partial charge in [-0.2, -0.15) is 0 Å². The van der Waals surface area contributed by atoms with Gasteiger partial charge in [0.2, 0.25) is 0 Å². The maximum absolute atomic E-state index is 12.4. The highest BCUT2D eigenvalue weighted by atomic mass is 16.7. The van der Waals surface area contributed by atoms with Gasteiger partial charge in [-0.05, 0) is 41.0 Å². The molecule has 1 rings (SSSR count). The van der Waals surface area contributed by atoms with E-state index in [0.29, 0.717) is 6.42 Å². The van der Waals surface area contributed by atoms with E-state index in [2.05, 4.69) is 0 Å². The Labute approximate surface area is 132 Å². The molecule has 1 aliphatic rings. The molecule has 128 valence electrons. The SMILES string of the molecule is CCOC(=O)CC1(OC(=O)C(C)(C)CC)COC(C)(C)OC1. The molecule has 0 saturated carbocycles. The highest BCUT2D eigenvalue weighted by Crippen LogP contribution is 2.32. The van der Waals surface area contributed by atoms with Crippen LogP contribution in [0.1, 0.15) is 54.4 Å². The van der Waals surface area contributed by atoms with Crippen LogP contribution < -0.4 is 0 Å². The van der Waals surface area contributed by atoms with Crippen molar-refractivity contribution in [1.82, 2.24) is 0 Å². The number of carbonyl (C=O) groups is 2. The third-order valence-electron chi connectivity index (χ3n) is 3.88. The first-order valence-corrected chi connectivity index (χ1v) is 7.73. The zero-order chi connectivity index (χ0) is 17.0. The lowest BCUT2D eigenvalue weighted by molar-refractivity contribution is -0.306. The van der Waals surface area contributed by atoms with E-state index >= 15 is 0 Å². The lowest BCUT2D eigenvalue weighted by Gasteiger charge is -2.43. The molecule has 1 aliphatic heterocycles. The molecule has 1 heterocycles. The second kappa shape index (κ2) is 6.96. The quantitative estimate of drug-likeness (QED) is 0.701. The summed E-state index contributed by atoms with van der Waals surface area (Å²) in [5, 5.41) is 0. The molecule has 0 bridgehead atoms. The smallest absolute Gasteiger partial charge is 0.312 e. The maximum Gasteiger partial charge on any atom is 0.312 e. The average molecular weight is 316 g/mol. The minimum Gasteiger partial charge on any atom is -0.466 e. The zero-order valence-corrected chi connectivity index (χ0v) is 14.5. The summed E-state index contributed by atoms with van der Waals surface area (Å²) in [7, 11) is 0. The third kappa shape index (κ3) is 4.95. The first-order chi connectivity index (χ1) is 10.1. The number of hydrogen-bond donors (Lipinski definition) is 0. The van der Waals surface area contributed by atoms with Crippen molar-refractivity contribution < 1.29 is 28.5 Å². The van der Waals surface area contributed by atoms with Crippen LogP contribution in [0.2, 0.25) is 0 Å². The molecule has 22 heavy (non-hydrogen) atoms. The molecule has 6 nitrogen and oxygen atoms in total. The van der Waals surface area contributed by atoms with Gasteiger partial charge in [-0.1, -0.05) is 6.92 Å². The molecule has 1 fully saturated rings. The highest BCUT2D eigenvalue weighted by molar-refractivity contribution is 5.77. The molecule has 1 saturated heterocycles. The van der Waals surface area contributed by atoms with Crippen molar-refractivity contribution in [3.63, 3.8) is 0 Å². The molecule has 0 aromatic rings. The molecule has 6 heteroatoms. The number of esters is 2. The minimum atomic E-state index is -1.13. The minimum absolute atomic E-state index is 0.0809. The van der Waals surface area contributed by atoms with E-state index < -0.39 is 22.8 Å². The van der Waals surface area contributed by atoms with Gasteiger partial charge in [0, 0.05) is 0 Å². The van der Waals surface area contributed by atoms with Gasteiger partial charge in [-0.15, -0.1) is 0 Å². The van der Waals surface area contributed by atoms with Crippen LogP contribution in [0.25, 0.3) is 0 Å². The molecule has 0 spiro atoms. The number of carbonyl (C=O) groups excluding carboxylic acids is 2. The van der Waals surface area contributed by atoms with Crippen LogP contribution in [0, 0.1) is 5.41 Å². The van der Waals surface area contributed by atoms with Gasteiger partial charge in [0.05, 0.1) is 31.7 Å². The monoisotopic (exact) mass is 316 g/mol. The molecule has 0 atom stereocenters. The zero-order valence-electron chi connectivity index (χ0n) is 14.5. The van der Waals surface area contributed by atoms with E-state index in [0.717, 1.165) is 0 Å². The van der Waals surface area contributed by atoms with Crippen molar-refractivity contribution in [2.24, 2.45) is 5.41 Å². The Kier molecular flexibility index (Phi) is 5.98. The Balaban J connectivity index is 2.88. The lowest BCUT2D eigenvalue weighted by Crippen LogP contribution is -2.55. The normalized spacial score (nSPS) is 20.3. The summed E-state index contributed by atoms with van der Waals surface area (Å²) < 4.78 is 21.8. The van der Waals surface area contributed by atoms with Crippen LogP contribution in [0.3, 0.4) is 0 Å². The summed E-state index contributed by atoms with van der Waals surface area (Å²) in [6.45, 7) is 11.3. The van der Waals surface area contributed by atoms with Gasteiger partial charge < -0.3 is 18.9 Å². The van der Waals surface area contributed by atoms with Crippen molar-refractivity contribution in [2.75, 3.05) is 19.8 Å². The van der Waals surface area contributed by atoms with Crippen LogP contribution in [-0.2, 0) is 28.5 Å². The van der Waals surface area contributed by atoms with Crippen molar-refractivity contribution in [2.45, 2.75) is 65.8 Å². The molecule has 0 N–H and O–H groups in total. The maximum atomic E-state index is 12.4. The van der Waals surface area contributed by atoms with Crippen LogP contribution in [0.5, 0.6) is 0 Å². The van der Waals surface area contributed by atoms with Gasteiger partial charge in [-0.3, -0.25) is 9.59 Å². The molecule has 0 aromatic carbocycles. The Hall–Kier alpha value is -1.14. The van der Waals surface area contributed by atoms with E-state index in [-0.39, 0.29) is 32.2 Å². The summed E-state index contributed by atoms with van der Waals surface area (Å²) in [5.74, 6) is -1.56. The Bertz CT molecular complexity index is 403. The first-order valence-electron chi connectivity index (χ1n) is 7.73. The second-order valence-corrected chi connectivity index (χ2v) is 6.77. The molecule has 0 aromatic heterocycles. The summed E-state index contributed by atoms with van der Waals surface area (Å²) in [6.07, 6.45) is 0.553. The van der Waals surface area contributed by atoms with Gasteiger partial charge in [0.25, 0.3) is 0 Å². The van der Waals surface area contributed by atoms with E-state index in [1.165, 1.54) is 0 Å². The molecule has 0 radical (unpaired) electrons. The van der Waals surface area contributed by atoms with Crippen LogP contribution in [0.4, 0.5) is 0 Å². The van der Waals surface area contributed by atoms with Gasteiger partial charge in [0.15, 0.2) is 11.4 Å². The van der Waals surface area contributed by atoms with Crippen LogP contribution in [0.15, 0.2) is 0 Å². The molecule has 0 amide bonds. The standard InChI is InChI=1S/C16H28O6/c1-7-14(3,4)13(18)22-16(9-12(17)19-8-2)10-20-15(5,6)21-11-16/h7-11H2,1-6H3. The topological polar surface area (TPSA) is 71.1 Å². The second-order valence-electron chi connectivity index (χ2n) is 6.77. The van der Waals surface area contributed by atoms with Gasteiger partial charge in [-0.25, -0.2) is 0 Å². The number of hydrogen-bond acceptors (Lipinski definition) is 6. The lowest BCUT2D eigenvalue weighted by atomic mass is 9.89. The molecular weight excluding hydrogens is 288 g/mol. The van der Waals surface area contributed by atoms with E-state index in [1.807, 2.05) is 20.8 Å². The molecule has 0 unspecified atom stereocenters. The Morgan fingerprint density at radius 2 is 1.68 bits per heavy atom. The summed E-state index contributed by atoms with van der Waals surface area (Å²) >= 11 is 0. The van der Waals surface area contributed by atoms with Crippen molar-refractivity contribution in [1.29, 1.82) is 0 Å². The first kappa shape index (κ1) is 18.9. The molecule has 0 aliphatic carbocycles. The Morgan fingerprint density at radius 3 is 2.14 bits per heavy atom. The van der Waals surface area contributed by atoms with Crippen molar-refractivity contribution in [3.8, 4) is 0 Å². The summed E-state index contributed by atoms with van der Waals surface area (Å²) in [4.78, 5) is 24.2. The van der Waals surface area contributed by atoms with E-state index in [9.17, 15) is 9.59 Å².